The molecule has 0 aliphatic heterocycles. The van der Waals surface area contributed by atoms with Crippen molar-refractivity contribution in [2.45, 2.75) is 0 Å². The zero-order valence-corrected chi connectivity index (χ0v) is 11.2. The molecule has 0 bridgehead atoms. The maximum atomic E-state index is 12.1. The van der Waals surface area contributed by atoms with Crippen molar-refractivity contribution in [1.82, 2.24) is 25.1 Å². The van der Waals surface area contributed by atoms with Crippen molar-refractivity contribution < 1.29 is 9.42 Å². The third kappa shape index (κ3) is 2.41. The number of amides is 1. The van der Waals surface area contributed by atoms with Gasteiger partial charge in [-0.15, -0.1) is 0 Å². The van der Waals surface area contributed by atoms with E-state index < -0.39 is 5.91 Å². The Labute approximate surface area is 122 Å². The third-order valence-electron chi connectivity index (χ3n) is 2.61. The Bertz CT molecular complexity index is 784. The number of rotatable bonds is 3. The second-order valence-electron chi connectivity index (χ2n) is 3.93. The van der Waals surface area contributed by atoms with E-state index in [-0.39, 0.29) is 11.5 Å². The number of anilines is 2. The minimum Gasteiger partial charge on any atom is -0.379 e. The lowest BCUT2D eigenvalue weighted by Gasteiger charge is -2.11. The normalized spacial score (nSPS) is 10.5. The molecule has 0 aliphatic rings. The standard InChI is InChI=1S/C11H8ClN7O2/c12-6-2-1-3-7(9(6)19-5-14-4-15-19)16-11(20)8-10(13)18-21-17-8/h1-5H,(H2,13,18)(H,16,20). The molecular formula is C11H8ClN7O2. The molecule has 9 nitrogen and oxygen atoms in total. The van der Waals surface area contributed by atoms with Gasteiger partial charge in [0.1, 0.15) is 18.3 Å². The van der Waals surface area contributed by atoms with Gasteiger partial charge in [0, 0.05) is 0 Å². The molecule has 0 radical (unpaired) electrons. The summed E-state index contributed by atoms with van der Waals surface area (Å²) in [4.78, 5) is 15.9. The number of nitrogens with zero attached hydrogens (tertiary/aromatic N) is 5. The molecule has 0 saturated carbocycles. The number of hydrogen-bond acceptors (Lipinski definition) is 7. The summed E-state index contributed by atoms with van der Waals surface area (Å²) in [7, 11) is 0. The molecule has 2 heterocycles. The summed E-state index contributed by atoms with van der Waals surface area (Å²) < 4.78 is 5.82. The second-order valence-corrected chi connectivity index (χ2v) is 4.34. The van der Waals surface area contributed by atoms with Crippen LogP contribution in [0.2, 0.25) is 5.02 Å². The van der Waals surface area contributed by atoms with Crippen LogP contribution in [0.15, 0.2) is 35.5 Å². The first kappa shape index (κ1) is 13.1. The van der Waals surface area contributed by atoms with Crippen molar-refractivity contribution in [3.8, 4) is 5.69 Å². The molecule has 21 heavy (non-hydrogen) atoms. The van der Waals surface area contributed by atoms with Gasteiger partial charge in [0.15, 0.2) is 0 Å². The van der Waals surface area contributed by atoms with Gasteiger partial charge < -0.3 is 11.1 Å². The maximum Gasteiger partial charge on any atom is 0.281 e. The van der Waals surface area contributed by atoms with Crippen LogP contribution in [0.3, 0.4) is 0 Å². The monoisotopic (exact) mass is 305 g/mol. The van der Waals surface area contributed by atoms with Gasteiger partial charge in [0.05, 0.1) is 10.7 Å². The number of aromatic nitrogens is 5. The van der Waals surface area contributed by atoms with E-state index in [4.69, 9.17) is 17.3 Å². The molecule has 2 aromatic heterocycles. The van der Waals surface area contributed by atoms with Gasteiger partial charge in [-0.25, -0.2) is 14.3 Å². The largest absolute Gasteiger partial charge is 0.379 e. The van der Waals surface area contributed by atoms with Gasteiger partial charge in [0.2, 0.25) is 11.5 Å². The predicted molar refractivity (Wildman–Crippen MR) is 73.0 cm³/mol. The lowest BCUT2D eigenvalue weighted by atomic mass is 10.2. The number of nitrogen functional groups attached to an aromatic ring is 1. The van der Waals surface area contributed by atoms with Gasteiger partial charge in [-0.1, -0.05) is 17.7 Å². The number of halogens is 1. The Balaban J connectivity index is 1.98. The zero-order chi connectivity index (χ0) is 14.8. The van der Waals surface area contributed by atoms with E-state index in [0.29, 0.717) is 16.4 Å². The molecule has 3 N–H and O–H groups in total. The summed E-state index contributed by atoms with van der Waals surface area (Å²) in [6, 6.07) is 5.01. The fraction of sp³-hybridized carbons (Fsp3) is 0. The highest BCUT2D eigenvalue weighted by Crippen LogP contribution is 2.28. The molecule has 1 amide bonds. The van der Waals surface area contributed by atoms with Crippen molar-refractivity contribution >= 4 is 29.0 Å². The summed E-state index contributed by atoms with van der Waals surface area (Å²) in [5.41, 5.74) is 6.25. The summed E-state index contributed by atoms with van der Waals surface area (Å²) in [6.07, 6.45) is 2.82. The number of nitrogens with one attached hydrogen (secondary N) is 1. The highest BCUT2D eigenvalue weighted by atomic mass is 35.5. The summed E-state index contributed by atoms with van der Waals surface area (Å²) in [6.45, 7) is 0. The van der Waals surface area contributed by atoms with E-state index in [9.17, 15) is 4.79 Å². The van der Waals surface area contributed by atoms with Crippen LogP contribution in [0.1, 0.15) is 10.5 Å². The van der Waals surface area contributed by atoms with Crippen LogP contribution in [0, 0.1) is 0 Å². The molecule has 3 aromatic rings. The summed E-state index contributed by atoms with van der Waals surface area (Å²) in [5.74, 6) is -0.672. The van der Waals surface area contributed by atoms with E-state index in [1.54, 1.807) is 18.2 Å². The molecule has 10 heteroatoms. The van der Waals surface area contributed by atoms with E-state index in [1.807, 2.05) is 0 Å². The number of para-hydroxylation sites is 1. The molecule has 0 aliphatic carbocycles. The zero-order valence-electron chi connectivity index (χ0n) is 10.4. The number of benzene rings is 1. The minimum atomic E-state index is -0.572. The Hall–Kier alpha value is -2.94. The number of carbonyl (C=O) groups is 1. The van der Waals surface area contributed by atoms with Crippen molar-refractivity contribution in [1.29, 1.82) is 0 Å². The first-order chi connectivity index (χ1) is 10.2. The number of nitrogens with two attached hydrogens (primary N) is 1. The Morgan fingerprint density at radius 3 is 2.90 bits per heavy atom. The quantitative estimate of drug-likeness (QED) is 0.743. The van der Waals surface area contributed by atoms with Crippen LogP contribution in [0.25, 0.3) is 5.69 Å². The Kier molecular flexibility index (Phi) is 3.24. The first-order valence-corrected chi connectivity index (χ1v) is 6.07. The molecule has 1 aromatic carbocycles. The van der Waals surface area contributed by atoms with Crippen molar-refractivity contribution in [3.05, 3.63) is 41.6 Å². The van der Waals surface area contributed by atoms with E-state index in [0.717, 1.165) is 0 Å². The first-order valence-electron chi connectivity index (χ1n) is 5.69. The van der Waals surface area contributed by atoms with E-state index in [2.05, 4.69) is 30.3 Å². The second kappa shape index (κ2) is 5.21. The van der Waals surface area contributed by atoms with Gasteiger partial charge >= 0.3 is 0 Å². The fourth-order valence-electron chi connectivity index (χ4n) is 1.71. The predicted octanol–water partition coefficient (Wildman–Crippen LogP) is 1.14. The molecule has 106 valence electrons. The molecule has 3 rings (SSSR count). The van der Waals surface area contributed by atoms with E-state index in [1.165, 1.54) is 17.3 Å². The average Bonchev–Trinajstić information content (AvgIpc) is 3.10. The molecule has 0 unspecified atom stereocenters. The van der Waals surface area contributed by atoms with Crippen LogP contribution in [-0.2, 0) is 0 Å². The fourth-order valence-corrected chi connectivity index (χ4v) is 1.97. The molecule has 0 atom stereocenters. The van der Waals surface area contributed by atoms with E-state index >= 15 is 0 Å². The SMILES string of the molecule is Nc1nonc1C(=O)Nc1cccc(Cl)c1-n1cncn1. The number of carbonyl (C=O) groups excluding carboxylic acids is 1. The van der Waals surface area contributed by atoms with Gasteiger partial charge in [-0.2, -0.15) is 5.10 Å². The molecular weight excluding hydrogens is 298 g/mol. The van der Waals surface area contributed by atoms with Gasteiger partial charge in [-0.3, -0.25) is 4.79 Å². The topological polar surface area (TPSA) is 125 Å². The van der Waals surface area contributed by atoms with Crippen LogP contribution in [-0.4, -0.2) is 31.0 Å². The van der Waals surface area contributed by atoms with Crippen LogP contribution in [0.4, 0.5) is 11.5 Å². The molecule has 0 saturated heterocycles. The smallest absolute Gasteiger partial charge is 0.281 e. The van der Waals surface area contributed by atoms with Gasteiger partial charge in [-0.05, 0) is 22.4 Å². The third-order valence-corrected chi connectivity index (χ3v) is 2.92. The highest BCUT2D eigenvalue weighted by molar-refractivity contribution is 6.33. The lowest BCUT2D eigenvalue weighted by Crippen LogP contribution is -2.16. The maximum absolute atomic E-state index is 12.1. The number of hydrogen-bond donors (Lipinski definition) is 2. The van der Waals surface area contributed by atoms with Crippen molar-refractivity contribution in [2.24, 2.45) is 0 Å². The minimum absolute atomic E-state index is 0.100. The molecule has 0 fully saturated rings. The van der Waals surface area contributed by atoms with Gasteiger partial charge in [0.25, 0.3) is 5.91 Å². The van der Waals surface area contributed by atoms with Crippen LogP contribution < -0.4 is 11.1 Å². The van der Waals surface area contributed by atoms with Crippen molar-refractivity contribution in [2.75, 3.05) is 11.1 Å². The Morgan fingerprint density at radius 1 is 1.38 bits per heavy atom. The van der Waals surface area contributed by atoms with Crippen LogP contribution in [0.5, 0.6) is 0 Å². The highest BCUT2D eigenvalue weighted by Gasteiger charge is 2.19. The van der Waals surface area contributed by atoms with Crippen molar-refractivity contribution in [3.63, 3.8) is 0 Å². The lowest BCUT2D eigenvalue weighted by molar-refractivity contribution is 0.101. The average molecular weight is 306 g/mol. The Morgan fingerprint density at radius 2 is 2.24 bits per heavy atom. The summed E-state index contributed by atoms with van der Waals surface area (Å²) >= 11 is 6.15. The van der Waals surface area contributed by atoms with Crippen LogP contribution >= 0.6 is 11.6 Å². The molecule has 0 spiro atoms. The summed E-state index contributed by atoms with van der Waals surface area (Å²) in [5, 5.41) is 13.8.